The number of aryl methyl sites for hydroxylation is 1. The van der Waals surface area contributed by atoms with E-state index in [0.29, 0.717) is 30.6 Å². The van der Waals surface area contributed by atoms with Crippen LogP contribution in [0.4, 0.5) is 17.2 Å². The summed E-state index contributed by atoms with van der Waals surface area (Å²) in [5.41, 5.74) is 7.57. The van der Waals surface area contributed by atoms with E-state index >= 15 is 0 Å². The van der Waals surface area contributed by atoms with Crippen molar-refractivity contribution in [1.82, 2.24) is 14.1 Å². The first-order valence-electron chi connectivity index (χ1n) is 11.1. The van der Waals surface area contributed by atoms with Crippen molar-refractivity contribution in [3.8, 4) is 11.8 Å². The summed E-state index contributed by atoms with van der Waals surface area (Å²) in [5.74, 6) is 0.252. The Morgan fingerprint density at radius 1 is 1.20 bits per heavy atom. The maximum atomic E-state index is 12.7. The van der Waals surface area contributed by atoms with Crippen LogP contribution in [0.1, 0.15) is 31.5 Å². The zero-order valence-corrected chi connectivity index (χ0v) is 20.3. The number of nitro groups is 1. The van der Waals surface area contributed by atoms with Gasteiger partial charge in [-0.2, -0.15) is 14.7 Å². The number of hydrogen-bond donors (Lipinski definition) is 2. The fraction of sp³-hybridized carbons (Fsp3) is 0.304. The van der Waals surface area contributed by atoms with Crippen molar-refractivity contribution >= 4 is 27.2 Å². The van der Waals surface area contributed by atoms with E-state index in [1.54, 1.807) is 13.8 Å². The van der Waals surface area contributed by atoms with Crippen molar-refractivity contribution < 1.29 is 13.3 Å². The number of nitro benzene ring substituents is 1. The van der Waals surface area contributed by atoms with Gasteiger partial charge in [0.1, 0.15) is 23.1 Å². The van der Waals surface area contributed by atoms with Gasteiger partial charge in [-0.1, -0.05) is 32.0 Å². The molecule has 11 nitrogen and oxygen atoms in total. The van der Waals surface area contributed by atoms with Crippen molar-refractivity contribution in [1.29, 1.82) is 5.26 Å². The third-order valence-electron chi connectivity index (χ3n) is 5.52. The Balaban J connectivity index is 1.73. The fourth-order valence-corrected chi connectivity index (χ4v) is 5.18. The first-order valence-corrected chi connectivity index (χ1v) is 12.5. The largest absolute Gasteiger partial charge is 0.382 e. The highest BCUT2D eigenvalue weighted by molar-refractivity contribution is 7.89. The summed E-state index contributed by atoms with van der Waals surface area (Å²) < 4.78 is 28.2. The van der Waals surface area contributed by atoms with Crippen molar-refractivity contribution in [2.24, 2.45) is 0 Å². The topological polar surface area (TPSA) is 160 Å². The van der Waals surface area contributed by atoms with Gasteiger partial charge < -0.3 is 11.1 Å². The van der Waals surface area contributed by atoms with Gasteiger partial charge in [-0.3, -0.25) is 10.1 Å². The van der Waals surface area contributed by atoms with E-state index in [2.05, 4.69) is 16.5 Å². The Kier molecular flexibility index (Phi) is 8.06. The van der Waals surface area contributed by atoms with Crippen LogP contribution in [-0.4, -0.2) is 47.1 Å². The minimum atomic E-state index is -3.82. The summed E-state index contributed by atoms with van der Waals surface area (Å²) >= 11 is 0. The van der Waals surface area contributed by atoms with Gasteiger partial charge in [0.05, 0.1) is 21.2 Å². The minimum absolute atomic E-state index is 0.126. The van der Waals surface area contributed by atoms with Gasteiger partial charge in [0.2, 0.25) is 10.0 Å². The number of hydrogen-bond acceptors (Lipinski definition) is 8. The van der Waals surface area contributed by atoms with E-state index < -0.39 is 14.9 Å². The number of nitrogens with zero attached hydrogens (tertiary/aromatic N) is 5. The summed E-state index contributed by atoms with van der Waals surface area (Å²) in [6.45, 7) is 4.29. The second-order valence-corrected chi connectivity index (χ2v) is 9.56. The zero-order chi connectivity index (χ0) is 25.6. The van der Waals surface area contributed by atoms with Crippen molar-refractivity contribution in [3.63, 3.8) is 0 Å². The summed E-state index contributed by atoms with van der Waals surface area (Å²) in [4.78, 5) is 10.9. The van der Waals surface area contributed by atoms with Gasteiger partial charge in [-0.25, -0.2) is 13.1 Å². The summed E-state index contributed by atoms with van der Waals surface area (Å²) in [5, 5.41) is 28.6. The van der Waals surface area contributed by atoms with Gasteiger partial charge >= 0.3 is 0 Å². The van der Waals surface area contributed by atoms with Crippen molar-refractivity contribution in [2.45, 2.75) is 31.6 Å². The van der Waals surface area contributed by atoms with Gasteiger partial charge in [-0.05, 0) is 37.1 Å². The summed E-state index contributed by atoms with van der Waals surface area (Å²) in [6.07, 6.45) is 0.929. The lowest BCUT2D eigenvalue weighted by Crippen LogP contribution is -2.30. The Labute approximate surface area is 204 Å². The molecule has 2 aromatic carbocycles. The first-order chi connectivity index (χ1) is 16.7. The third kappa shape index (κ3) is 5.42. The standard InChI is InChI=1S/C23H27N7O4S/c1-3-28(4-2)35(33,34)18-12-13-21(22(15-18)30(31)32)26-14-8-11-20-19(16-24)23(25)29(27-20)17-9-6-5-7-10-17/h5-7,9-10,12-13,15,26H,3-4,8,11,14,25H2,1-2H3. The number of nitrogens with two attached hydrogens (primary N) is 1. The highest BCUT2D eigenvalue weighted by atomic mass is 32.2. The quantitative estimate of drug-likeness (QED) is 0.232. The van der Waals surface area contributed by atoms with Gasteiger partial charge in [0, 0.05) is 25.7 Å². The molecule has 0 spiro atoms. The smallest absolute Gasteiger partial charge is 0.293 e. The van der Waals surface area contributed by atoms with Crippen LogP contribution >= 0.6 is 0 Å². The second-order valence-electron chi connectivity index (χ2n) is 7.62. The van der Waals surface area contributed by atoms with Gasteiger partial charge in [-0.15, -0.1) is 0 Å². The molecule has 0 aliphatic heterocycles. The van der Waals surface area contributed by atoms with Crippen LogP contribution in [0.15, 0.2) is 53.4 Å². The van der Waals surface area contributed by atoms with Crippen LogP contribution in [0.25, 0.3) is 5.69 Å². The number of nitriles is 1. The molecule has 3 aromatic rings. The Hall–Kier alpha value is -3.95. The van der Waals surface area contributed by atoms with Crippen LogP contribution < -0.4 is 11.1 Å². The lowest BCUT2D eigenvalue weighted by molar-refractivity contribution is -0.384. The molecule has 0 radical (unpaired) electrons. The van der Waals surface area contributed by atoms with E-state index in [-0.39, 0.29) is 35.2 Å². The van der Waals surface area contributed by atoms with Crippen LogP contribution in [0.3, 0.4) is 0 Å². The average Bonchev–Trinajstić information content (AvgIpc) is 3.17. The number of nitrogen functional groups attached to an aromatic ring is 1. The summed E-state index contributed by atoms with van der Waals surface area (Å²) in [7, 11) is -3.82. The highest BCUT2D eigenvalue weighted by Gasteiger charge is 2.25. The van der Waals surface area contributed by atoms with E-state index in [9.17, 15) is 23.8 Å². The maximum Gasteiger partial charge on any atom is 0.293 e. The number of para-hydroxylation sites is 1. The van der Waals surface area contributed by atoms with E-state index in [1.165, 1.54) is 21.1 Å². The minimum Gasteiger partial charge on any atom is -0.382 e. The van der Waals surface area contributed by atoms with Gasteiger partial charge in [0.25, 0.3) is 5.69 Å². The Morgan fingerprint density at radius 3 is 2.49 bits per heavy atom. The molecule has 3 N–H and O–H groups in total. The molecular weight excluding hydrogens is 470 g/mol. The molecule has 3 rings (SSSR count). The molecule has 0 atom stereocenters. The summed E-state index contributed by atoms with van der Waals surface area (Å²) in [6, 6.07) is 15.2. The molecule has 35 heavy (non-hydrogen) atoms. The number of sulfonamides is 1. The zero-order valence-electron chi connectivity index (χ0n) is 19.5. The number of benzene rings is 2. The Morgan fingerprint density at radius 2 is 1.89 bits per heavy atom. The molecule has 0 saturated carbocycles. The van der Waals surface area contributed by atoms with Crippen molar-refractivity contribution in [2.75, 3.05) is 30.7 Å². The number of aromatic nitrogens is 2. The molecule has 0 saturated heterocycles. The molecule has 1 aromatic heterocycles. The molecule has 0 fully saturated rings. The van der Waals surface area contributed by atoms with Crippen LogP contribution in [-0.2, 0) is 16.4 Å². The molecule has 0 aliphatic rings. The molecule has 0 bridgehead atoms. The predicted molar refractivity (Wildman–Crippen MR) is 133 cm³/mol. The molecule has 12 heteroatoms. The van der Waals surface area contributed by atoms with Crippen LogP contribution in [0.5, 0.6) is 0 Å². The molecule has 0 amide bonds. The molecule has 0 unspecified atom stereocenters. The predicted octanol–water partition coefficient (Wildman–Crippen LogP) is 3.31. The fourth-order valence-electron chi connectivity index (χ4n) is 3.71. The first kappa shape index (κ1) is 25.7. The third-order valence-corrected chi connectivity index (χ3v) is 7.57. The Bertz CT molecular complexity index is 1340. The number of rotatable bonds is 11. The highest BCUT2D eigenvalue weighted by Crippen LogP contribution is 2.29. The normalized spacial score (nSPS) is 11.4. The number of nitrogens with one attached hydrogen (secondary N) is 1. The molecular formula is C23H27N7O4S. The lowest BCUT2D eigenvalue weighted by atomic mass is 10.1. The van der Waals surface area contributed by atoms with Crippen molar-refractivity contribution in [3.05, 3.63) is 69.9 Å². The van der Waals surface area contributed by atoms with Gasteiger partial charge in [0.15, 0.2) is 0 Å². The van der Waals surface area contributed by atoms with E-state index in [1.807, 2.05) is 30.3 Å². The lowest BCUT2D eigenvalue weighted by Gasteiger charge is -2.18. The second kappa shape index (κ2) is 11.0. The number of anilines is 2. The maximum absolute atomic E-state index is 12.7. The molecule has 0 aliphatic carbocycles. The van der Waals surface area contributed by atoms with Crippen LogP contribution in [0, 0.1) is 21.4 Å². The van der Waals surface area contributed by atoms with E-state index in [4.69, 9.17) is 5.73 Å². The SMILES string of the molecule is CCN(CC)S(=O)(=O)c1ccc(NCCCc2nn(-c3ccccc3)c(N)c2C#N)c([N+](=O)[O-])c1. The van der Waals surface area contributed by atoms with E-state index in [0.717, 1.165) is 11.8 Å². The monoisotopic (exact) mass is 497 g/mol. The average molecular weight is 498 g/mol. The molecule has 1 heterocycles. The molecule has 184 valence electrons. The van der Waals surface area contributed by atoms with Crippen LogP contribution in [0.2, 0.25) is 0 Å².